The van der Waals surface area contributed by atoms with Gasteiger partial charge in [-0.15, -0.1) is 0 Å². The van der Waals surface area contributed by atoms with Crippen molar-refractivity contribution < 1.29 is 9.84 Å². The molecule has 1 atom stereocenters. The van der Waals surface area contributed by atoms with Crippen LogP contribution in [0.5, 0.6) is 5.75 Å². The van der Waals surface area contributed by atoms with Crippen molar-refractivity contribution in [3.63, 3.8) is 0 Å². The zero-order chi connectivity index (χ0) is 14.5. The molecule has 2 aromatic carbocycles. The number of halogens is 2. The lowest BCUT2D eigenvalue weighted by Crippen LogP contribution is -2.00. The Kier molecular flexibility index (Phi) is 5.30. The number of ether oxygens (including phenoxy) is 1. The molecule has 0 aliphatic carbocycles. The van der Waals surface area contributed by atoms with Gasteiger partial charge in [-0.2, -0.15) is 0 Å². The van der Waals surface area contributed by atoms with Crippen LogP contribution in [0, 0.1) is 0 Å². The Bertz CT molecular complexity index is 567. The van der Waals surface area contributed by atoms with E-state index in [1.165, 1.54) is 0 Å². The fourth-order valence-electron chi connectivity index (χ4n) is 1.98. The molecule has 1 unspecified atom stereocenters. The molecule has 1 N–H and O–H groups in total. The zero-order valence-corrected chi connectivity index (χ0v) is 12.7. The monoisotopic (exact) mass is 310 g/mol. The van der Waals surface area contributed by atoms with Gasteiger partial charge < -0.3 is 9.84 Å². The molecule has 106 valence electrons. The highest BCUT2D eigenvalue weighted by Crippen LogP contribution is 2.27. The number of hydrogen-bond acceptors (Lipinski definition) is 2. The van der Waals surface area contributed by atoms with Crippen molar-refractivity contribution in [1.29, 1.82) is 0 Å². The van der Waals surface area contributed by atoms with E-state index in [4.69, 9.17) is 27.9 Å². The smallest absolute Gasteiger partial charge is 0.118 e. The molecule has 0 amide bonds. The highest BCUT2D eigenvalue weighted by molar-refractivity contribution is 6.42. The van der Waals surface area contributed by atoms with Crippen molar-refractivity contribution in [3.8, 4) is 5.75 Å². The molecule has 0 heterocycles. The van der Waals surface area contributed by atoms with E-state index in [0.717, 1.165) is 23.3 Å². The molecule has 0 saturated heterocycles. The highest BCUT2D eigenvalue weighted by Gasteiger charge is 2.09. The molecule has 4 heteroatoms. The fraction of sp³-hybridized carbons (Fsp3) is 0.250. The average Bonchev–Trinajstić information content (AvgIpc) is 2.48. The van der Waals surface area contributed by atoms with Crippen LogP contribution in [-0.4, -0.2) is 12.2 Å². The van der Waals surface area contributed by atoms with Crippen molar-refractivity contribution in [2.45, 2.75) is 18.9 Å². The van der Waals surface area contributed by atoms with Gasteiger partial charge in [0.1, 0.15) is 5.75 Å². The molecule has 2 aromatic rings. The molecule has 2 nitrogen and oxygen atoms in total. The first-order valence-electron chi connectivity index (χ1n) is 6.36. The SMILES string of the molecule is COc1ccc(CCC(O)c2ccc(Cl)c(Cl)c2)cc1. The van der Waals surface area contributed by atoms with Crippen LogP contribution in [0.2, 0.25) is 10.0 Å². The average molecular weight is 311 g/mol. The summed E-state index contributed by atoms with van der Waals surface area (Å²) in [6, 6.07) is 13.0. The molecule has 0 fully saturated rings. The molecule has 0 saturated carbocycles. The van der Waals surface area contributed by atoms with Crippen molar-refractivity contribution in [1.82, 2.24) is 0 Å². The summed E-state index contributed by atoms with van der Waals surface area (Å²) < 4.78 is 5.11. The van der Waals surface area contributed by atoms with Gasteiger partial charge >= 0.3 is 0 Å². The highest BCUT2D eigenvalue weighted by atomic mass is 35.5. The Balaban J connectivity index is 1.96. The second kappa shape index (κ2) is 6.98. The normalized spacial score (nSPS) is 12.2. The number of hydrogen-bond donors (Lipinski definition) is 1. The number of benzene rings is 2. The third-order valence-corrected chi connectivity index (χ3v) is 3.93. The van der Waals surface area contributed by atoms with Gasteiger partial charge in [0.2, 0.25) is 0 Å². The molecule has 2 rings (SSSR count). The van der Waals surface area contributed by atoms with E-state index in [9.17, 15) is 5.11 Å². The third kappa shape index (κ3) is 3.89. The predicted molar refractivity (Wildman–Crippen MR) is 82.7 cm³/mol. The molecule has 0 spiro atoms. The van der Waals surface area contributed by atoms with Gasteiger partial charge in [0.15, 0.2) is 0 Å². The molecule has 20 heavy (non-hydrogen) atoms. The quantitative estimate of drug-likeness (QED) is 0.869. The Hall–Kier alpha value is -1.22. The number of aryl methyl sites for hydroxylation is 1. The van der Waals surface area contributed by atoms with Crippen LogP contribution in [0.4, 0.5) is 0 Å². The van der Waals surface area contributed by atoms with Gasteiger partial charge in [0.05, 0.1) is 23.3 Å². The van der Waals surface area contributed by atoms with E-state index >= 15 is 0 Å². The lowest BCUT2D eigenvalue weighted by atomic mass is 10.0. The number of methoxy groups -OCH3 is 1. The molecule has 0 aliphatic rings. The van der Waals surface area contributed by atoms with Crippen LogP contribution in [0.3, 0.4) is 0 Å². The van der Waals surface area contributed by atoms with Crippen molar-refractivity contribution in [3.05, 3.63) is 63.6 Å². The number of rotatable bonds is 5. The van der Waals surface area contributed by atoms with E-state index in [2.05, 4.69) is 0 Å². The maximum Gasteiger partial charge on any atom is 0.118 e. The molecule has 0 aromatic heterocycles. The van der Waals surface area contributed by atoms with Crippen LogP contribution < -0.4 is 4.74 Å². The fourth-order valence-corrected chi connectivity index (χ4v) is 2.29. The molecule has 0 aliphatic heterocycles. The maximum atomic E-state index is 10.2. The summed E-state index contributed by atoms with van der Waals surface area (Å²) in [6.45, 7) is 0. The summed E-state index contributed by atoms with van der Waals surface area (Å²) in [4.78, 5) is 0. The Morgan fingerprint density at radius 2 is 1.75 bits per heavy atom. The summed E-state index contributed by atoms with van der Waals surface area (Å²) in [5.74, 6) is 0.832. The Morgan fingerprint density at radius 1 is 1.05 bits per heavy atom. The number of aliphatic hydroxyl groups excluding tert-OH is 1. The summed E-state index contributed by atoms with van der Waals surface area (Å²) in [5, 5.41) is 11.1. The van der Waals surface area contributed by atoms with E-state index in [-0.39, 0.29) is 0 Å². The second-order valence-electron chi connectivity index (χ2n) is 4.58. The standard InChI is InChI=1S/C16H16Cl2O2/c1-20-13-6-2-11(3-7-13)4-9-16(19)12-5-8-14(17)15(18)10-12/h2-3,5-8,10,16,19H,4,9H2,1H3. The largest absolute Gasteiger partial charge is 0.497 e. The van der Waals surface area contributed by atoms with E-state index in [1.807, 2.05) is 24.3 Å². The molecular formula is C16H16Cl2O2. The van der Waals surface area contributed by atoms with Gasteiger partial charge in [0.25, 0.3) is 0 Å². The molecular weight excluding hydrogens is 295 g/mol. The van der Waals surface area contributed by atoms with Crippen LogP contribution >= 0.6 is 23.2 Å². The summed E-state index contributed by atoms with van der Waals surface area (Å²) in [6.07, 6.45) is 0.863. The first kappa shape index (κ1) is 15.2. The van der Waals surface area contributed by atoms with Gasteiger partial charge in [-0.1, -0.05) is 41.4 Å². The van der Waals surface area contributed by atoms with Crippen LogP contribution in [0.15, 0.2) is 42.5 Å². The van der Waals surface area contributed by atoms with Crippen LogP contribution in [0.1, 0.15) is 23.7 Å². The van der Waals surface area contributed by atoms with Crippen molar-refractivity contribution >= 4 is 23.2 Å². The first-order chi connectivity index (χ1) is 9.60. The summed E-state index contributed by atoms with van der Waals surface area (Å²) in [5.41, 5.74) is 1.94. The third-order valence-electron chi connectivity index (χ3n) is 3.19. The van der Waals surface area contributed by atoms with Crippen molar-refractivity contribution in [2.75, 3.05) is 7.11 Å². The molecule has 0 radical (unpaired) electrons. The van der Waals surface area contributed by atoms with Crippen molar-refractivity contribution in [2.24, 2.45) is 0 Å². The topological polar surface area (TPSA) is 29.5 Å². The van der Waals surface area contributed by atoms with Gasteiger partial charge in [-0.3, -0.25) is 0 Å². The van der Waals surface area contributed by atoms with Gasteiger partial charge in [0, 0.05) is 0 Å². The predicted octanol–water partition coefficient (Wildman–Crippen LogP) is 4.67. The lowest BCUT2D eigenvalue weighted by molar-refractivity contribution is 0.168. The van der Waals surface area contributed by atoms with Crippen LogP contribution in [-0.2, 0) is 6.42 Å². The zero-order valence-electron chi connectivity index (χ0n) is 11.1. The lowest BCUT2D eigenvalue weighted by Gasteiger charge is -2.12. The van der Waals surface area contributed by atoms with Gasteiger partial charge in [-0.05, 0) is 48.2 Å². The minimum absolute atomic E-state index is 0.465. The van der Waals surface area contributed by atoms with Crippen LogP contribution in [0.25, 0.3) is 0 Å². The second-order valence-corrected chi connectivity index (χ2v) is 5.39. The maximum absolute atomic E-state index is 10.2. The summed E-state index contributed by atoms with van der Waals surface area (Å²) in [7, 11) is 1.64. The number of aliphatic hydroxyl groups is 1. The molecule has 0 bridgehead atoms. The summed E-state index contributed by atoms with van der Waals surface area (Å²) >= 11 is 11.8. The van der Waals surface area contributed by atoms with Gasteiger partial charge in [-0.25, -0.2) is 0 Å². The minimum atomic E-state index is -0.549. The minimum Gasteiger partial charge on any atom is -0.497 e. The Labute approximate surface area is 128 Å². The first-order valence-corrected chi connectivity index (χ1v) is 7.11. The van der Waals surface area contributed by atoms with E-state index in [0.29, 0.717) is 16.5 Å². The van der Waals surface area contributed by atoms with E-state index in [1.54, 1.807) is 25.3 Å². The van der Waals surface area contributed by atoms with E-state index < -0.39 is 6.10 Å². The Morgan fingerprint density at radius 3 is 2.35 bits per heavy atom.